The summed E-state index contributed by atoms with van der Waals surface area (Å²) in [4.78, 5) is 12.2. The molecule has 0 amide bonds. The van der Waals surface area contributed by atoms with E-state index in [9.17, 15) is 4.79 Å². The van der Waals surface area contributed by atoms with Gasteiger partial charge in [-0.3, -0.25) is 4.79 Å². The lowest BCUT2D eigenvalue weighted by Gasteiger charge is -2.25. The number of hydrogen-bond donors (Lipinski definition) is 1. The van der Waals surface area contributed by atoms with Gasteiger partial charge in [0.15, 0.2) is 0 Å². The first-order valence-corrected chi connectivity index (χ1v) is 7.28. The Morgan fingerprint density at radius 1 is 1.00 bits per heavy atom. The summed E-state index contributed by atoms with van der Waals surface area (Å²) in [6.45, 7) is 1.02. The van der Waals surface area contributed by atoms with E-state index in [4.69, 9.17) is 4.74 Å². The van der Waals surface area contributed by atoms with Crippen LogP contribution in [0.25, 0.3) is 0 Å². The van der Waals surface area contributed by atoms with Crippen LogP contribution in [0.1, 0.15) is 51.4 Å². The van der Waals surface area contributed by atoms with E-state index < -0.39 is 0 Å². The van der Waals surface area contributed by atoms with Gasteiger partial charge < -0.3 is 10.1 Å². The van der Waals surface area contributed by atoms with Crippen molar-refractivity contribution in [2.45, 2.75) is 63.5 Å². The zero-order chi connectivity index (χ0) is 11.7. The van der Waals surface area contributed by atoms with Crippen LogP contribution in [-0.2, 0) is 9.53 Å². The molecule has 0 aromatic carbocycles. The Balaban J connectivity index is 1.55. The molecule has 1 saturated heterocycles. The maximum absolute atomic E-state index is 12.2. The molecule has 0 aromatic rings. The monoisotopic (exact) mass is 237 g/mol. The number of fused-ring (bicyclic) bond motifs is 1. The van der Waals surface area contributed by atoms with E-state index >= 15 is 0 Å². The Bertz CT molecular complexity index is 286. The average molecular weight is 237 g/mol. The lowest BCUT2D eigenvalue weighted by atomic mass is 9.94. The fraction of sp³-hybridized carbons (Fsp3) is 0.929. The van der Waals surface area contributed by atoms with Crippen molar-refractivity contribution < 1.29 is 9.53 Å². The molecule has 3 atom stereocenters. The summed E-state index contributed by atoms with van der Waals surface area (Å²) >= 11 is 0. The molecule has 3 fully saturated rings. The number of rotatable bonds is 2. The lowest BCUT2D eigenvalue weighted by Crippen LogP contribution is -2.39. The van der Waals surface area contributed by atoms with Crippen LogP contribution in [0.15, 0.2) is 0 Å². The summed E-state index contributed by atoms with van der Waals surface area (Å²) in [6.07, 6.45) is 9.92. The molecule has 0 bridgehead atoms. The number of esters is 1. The summed E-state index contributed by atoms with van der Waals surface area (Å²) in [7, 11) is 0. The third-order valence-electron chi connectivity index (χ3n) is 4.83. The number of carbonyl (C=O) groups is 1. The van der Waals surface area contributed by atoms with Crippen LogP contribution in [0.5, 0.6) is 0 Å². The van der Waals surface area contributed by atoms with Gasteiger partial charge in [0.1, 0.15) is 12.1 Å². The van der Waals surface area contributed by atoms with Crippen LogP contribution in [0.4, 0.5) is 0 Å². The minimum atomic E-state index is 0.00410. The summed E-state index contributed by atoms with van der Waals surface area (Å²) in [5, 5.41) is 3.37. The highest BCUT2D eigenvalue weighted by atomic mass is 16.5. The summed E-state index contributed by atoms with van der Waals surface area (Å²) < 4.78 is 5.68. The van der Waals surface area contributed by atoms with Gasteiger partial charge in [-0.2, -0.15) is 0 Å². The number of ether oxygens (including phenoxy) is 1. The first-order valence-electron chi connectivity index (χ1n) is 7.28. The Hall–Kier alpha value is -0.570. The van der Waals surface area contributed by atoms with E-state index in [1.807, 2.05) is 0 Å². The first kappa shape index (κ1) is 11.5. The molecule has 3 unspecified atom stereocenters. The standard InChI is InChI=1S/C14H23NO2/c16-14(17-11-6-2-1-3-7-11)13-12-8-4-5-10(12)9-15-13/h10-13,15H,1-9H2. The average Bonchev–Trinajstić information content (AvgIpc) is 2.91. The second kappa shape index (κ2) is 4.97. The maximum atomic E-state index is 12.2. The summed E-state index contributed by atoms with van der Waals surface area (Å²) in [5.41, 5.74) is 0. The van der Waals surface area contributed by atoms with Crippen molar-refractivity contribution in [3.05, 3.63) is 0 Å². The van der Waals surface area contributed by atoms with Crippen molar-refractivity contribution in [3.63, 3.8) is 0 Å². The van der Waals surface area contributed by atoms with Crippen molar-refractivity contribution in [1.82, 2.24) is 5.32 Å². The molecule has 1 aliphatic heterocycles. The molecule has 17 heavy (non-hydrogen) atoms. The molecule has 3 aliphatic rings. The fourth-order valence-corrected chi connectivity index (χ4v) is 3.87. The quantitative estimate of drug-likeness (QED) is 0.749. The van der Waals surface area contributed by atoms with Crippen molar-refractivity contribution >= 4 is 5.97 Å². The minimum absolute atomic E-state index is 0.00410. The van der Waals surface area contributed by atoms with Gasteiger partial charge in [0.2, 0.25) is 0 Å². The topological polar surface area (TPSA) is 38.3 Å². The number of carbonyl (C=O) groups excluding carboxylic acids is 1. The molecule has 3 nitrogen and oxygen atoms in total. The van der Waals surface area contributed by atoms with Gasteiger partial charge in [-0.05, 0) is 56.9 Å². The van der Waals surface area contributed by atoms with Crippen LogP contribution >= 0.6 is 0 Å². The summed E-state index contributed by atoms with van der Waals surface area (Å²) in [5.74, 6) is 1.33. The Morgan fingerprint density at radius 2 is 1.82 bits per heavy atom. The van der Waals surface area contributed by atoms with Gasteiger partial charge in [-0.1, -0.05) is 12.8 Å². The second-order valence-corrected chi connectivity index (χ2v) is 5.94. The molecule has 3 heteroatoms. The zero-order valence-electron chi connectivity index (χ0n) is 10.5. The zero-order valence-corrected chi connectivity index (χ0v) is 10.5. The van der Waals surface area contributed by atoms with Crippen molar-refractivity contribution in [3.8, 4) is 0 Å². The highest BCUT2D eigenvalue weighted by molar-refractivity contribution is 5.77. The molecule has 96 valence electrons. The number of nitrogens with one attached hydrogen (secondary N) is 1. The Kier molecular flexibility index (Phi) is 3.37. The normalized spacial score (nSPS) is 38.0. The third kappa shape index (κ3) is 2.35. The van der Waals surface area contributed by atoms with Crippen molar-refractivity contribution in [1.29, 1.82) is 0 Å². The van der Waals surface area contributed by atoms with Crippen LogP contribution in [0, 0.1) is 11.8 Å². The van der Waals surface area contributed by atoms with E-state index in [0.29, 0.717) is 5.92 Å². The van der Waals surface area contributed by atoms with Gasteiger partial charge in [0.25, 0.3) is 0 Å². The van der Waals surface area contributed by atoms with Crippen molar-refractivity contribution in [2.24, 2.45) is 11.8 Å². The predicted molar refractivity (Wildman–Crippen MR) is 65.6 cm³/mol. The van der Waals surface area contributed by atoms with Gasteiger partial charge in [0, 0.05) is 0 Å². The molecule has 0 radical (unpaired) electrons. The Labute approximate surface area is 103 Å². The van der Waals surface area contributed by atoms with Crippen LogP contribution in [0.2, 0.25) is 0 Å². The summed E-state index contributed by atoms with van der Waals surface area (Å²) in [6, 6.07) is 0.00410. The molecule has 2 aliphatic carbocycles. The van der Waals surface area contributed by atoms with Gasteiger partial charge in [-0.15, -0.1) is 0 Å². The van der Waals surface area contributed by atoms with Crippen LogP contribution < -0.4 is 5.32 Å². The highest BCUT2D eigenvalue weighted by Gasteiger charge is 2.43. The SMILES string of the molecule is O=C(OC1CCCCC1)C1NCC2CCCC21. The second-order valence-electron chi connectivity index (χ2n) is 5.94. The predicted octanol–water partition coefficient (Wildman–Crippen LogP) is 2.25. The molecular formula is C14H23NO2. The van der Waals surface area contributed by atoms with Crippen molar-refractivity contribution in [2.75, 3.05) is 6.54 Å². The molecule has 2 saturated carbocycles. The molecule has 1 heterocycles. The van der Waals surface area contributed by atoms with E-state index in [1.165, 1.54) is 38.5 Å². The third-order valence-corrected chi connectivity index (χ3v) is 4.83. The highest BCUT2D eigenvalue weighted by Crippen LogP contribution is 2.38. The molecule has 1 N–H and O–H groups in total. The molecule has 3 rings (SSSR count). The fourth-order valence-electron chi connectivity index (χ4n) is 3.87. The minimum Gasteiger partial charge on any atom is -0.461 e. The van der Waals surface area contributed by atoms with E-state index in [1.54, 1.807) is 0 Å². The largest absolute Gasteiger partial charge is 0.461 e. The molecule has 0 spiro atoms. The van der Waals surface area contributed by atoms with Gasteiger partial charge >= 0.3 is 5.97 Å². The van der Waals surface area contributed by atoms with Gasteiger partial charge in [0.05, 0.1) is 0 Å². The number of hydrogen-bond acceptors (Lipinski definition) is 3. The maximum Gasteiger partial charge on any atom is 0.323 e. The van der Waals surface area contributed by atoms with Crippen LogP contribution in [0.3, 0.4) is 0 Å². The first-order chi connectivity index (χ1) is 8.34. The van der Waals surface area contributed by atoms with Gasteiger partial charge in [-0.25, -0.2) is 0 Å². The van der Waals surface area contributed by atoms with E-state index in [2.05, 4.69) is 5.32 Å². The lowest BCUT2D eigenvalue weighted by molar-refractivity contribution is -0.153. The smallest absolute Gasteiger partial charge is 0.323 e. The van der Waals surface area contributed by atoms with E-state index in [-0.39, 0.29) is 18.1 Å². The molecule has 0 aromatic heterocycles. The van der Waals surface area contributed by atoms with Crippen LogP contribution in [-0.4, -0.2) is 24.7 Å². The van der Waals surface area contributed by atoms with E-state index in [0.717, 1.165) is 25.3 Å². The molecular weight excluding hydrogens is 214 g/mol. The Morgan fingerprint density at radius 3 is 2.65 bits per heavy atom.